The van der Waals surface area contributed by atoms with E-state index in [9.17, 15) is 15.0 Å². The number of unbranched alkanes of at least 4 members (excludes halogenated alkanes) is 6. The molecule has 0 heterocycles. The number of amides is 1. The minimum absolute atomic E-state index is 0.117. The van der Waals surface area contributed by atoms with E-state index in [0.29, 0.717) is 6.42 Å². The molecule has 1 amide bonds. The van der Waals surface area contributed by atoms with E-state index < -0.39 is 12.1 Å². The van der Waals surface area contributed by atoms with Crippen molar-refractivity contribution in [1.29, 1.82) is 0 Å². The van der Waals surface area contributed by atoms with E-state index >= 15 is 0 Å². The van der Waals surface area contributed by atoms with E-state index in [1.54, 1.807) is 6.08 Å². The van der Waals surface area contributed by atoms with E-state index in [2.05, 4.69) is 116 Å². The van der Waals surface area contributed by atoms with Gasteiger partial charge in [-0.25, -0.2) is 0 Å². The van der Waals surface area contributed by atoms with Gasteiger partial charge in [0.2, 0.25) is 5.91 Å². The normalized spacial score (nSPS) is 14.5. The van der Waals surface area contributed by atoms with Gasteiger partial charge in [0, 0.05) is 6.42 Å². The lowest BCUT2D eigenvalue weighted by molar-refractivity contribution is -0.123. The van der Waals surface area contributed by atoms with Crippen LogP contribution in [0.3, 0.4) is 0 Å². The molecule has 252 valence electrons. The Labute approximate surface area is 276 Å². The Hall–Kier alpha value is -2.95. The zero-order chi connectivity index (χ0) is 32.9. The predicted molar refractivity (Wildman–Crippen MR) is 197 cm³/mol. The highest BCUT2D eigenvalue weighted by molar-refractivity contribution is 5.76. The smallest absolute Gasteiger partial charge is 0.220 e. The highest BCUT2D eigenvalue weighted by Crippen LogP contribution is 2.06. The Kier molecular flexibility index (Phi) is 33.2. The Morgan fingerprint density at radius 3 is 1.51 bits per heavy atom. The first-order valence-corrected chi connectivity index (χ1v) is 17.6. The SMILES string of the molecule is CC/C=C\C/C=C\C/C=C\C/C=C\C/C=C\C/C=C\C/C=C\CCCCCC(=O)NC(CO)C(O)/C=C/CC/C=C/CCCC. The minimum Gasteiger partial charge on any atom is -0.394 e. The van der Waals surface area contributed by atoms with Crippen LogP contribution in [0.25, 0.3) is 0 Å². The number of nitrogens with one attached hydrogen (secondary N) is 1. The summed E-state index contributed by atoms with van der Waals surface area (Å²) in [6.07, 6.45) is 54.6. The van der Waals surface area contributed by atoms with Crippen LogP contribution in [0.2, 0.25) is 0 Å². The van der Waals surface area contributed by atoms with Crippen LogP contribution in [0.15, 0.2) is 109 Å². The Morgan fingerprint density at radius 1 is 0.556 bits per heavy atom. The zero-order valence-electron chi connectivity index (χ0n) is 28.6. The third kappa shape index (κ3) is 32.3. The molecule has 0 aromatic rings. The van der Waals surface area contributed by atoms with Crippen LogP contribution < -0.4 is 5.32 Å². The fraction of sp³-hybridized carbons (Fsp3) is 0.537. The minimum atomic E-state index is -0.880. The molecular weight excluding hydrogens is 554 g/mol. The first-order chi connectivity index (χ1) is 22.2. The van der Waals surface area contributed by atoms with Gasteiger partial charge in [-0.15, -0.1) is 0 Å². The van der Waals surface area contributed by atoms with Crippen LogP contribution in [0.5, 0.6) is 0 Å². The third-order valence-electron chi connectivity index (χ3n) is 6.99. The van der Waals surface area contributed by atoms with Gasteiger partial charge in [0.15, 0.2) is 0 Å². The summed E-state index contributed by atoms with van der Waals surface area (Å²) in [4.78, 5) is 12.2. The molecule has 2 atom stereocenters. The monoisotopic (exact) mass is 619 g/mol. The maximum absolute atomic E-state index is 12.2. The largest absolute Gasteiger partial charge is 0.394 e. The van der Waals surface area contributed by atoms with Gasteiger partial charge in [0.05, 0.1) is 18.8 Å². The van der Waals surface area contributed by atoms with Gasteiger partial charge in [-0.05, 0) is 83.5 Å². The Balaban J connectivity index is 3.79. The Bertz CT molecular complexity index is 932. The van der Waals surface area contributed by atoms with Crippen molar-refractivity contribution >= 4 is 5.91 Å². The number of allylic oxidation sites excluding steroid dienone is 17. The van der Waals surface area contributed by atoms with Gasteiger partial charge in [-0.1, -0.05) is 142 Å². The molecule has 0 rings (SSSR count). The molecule has 0 aromatic heterocycles. The van der Waals surface area contributed by atoms with Crippen molar-refractivity contribution in [3.63, 3.8) is 0 Å². The highest BCUT2D eigenvalue weighted by atomic mass is 16.3. The quantitative estimate of drug-likeness (QED) is 0.0576. The molecule has 45 heavy (non-hydrogen) atoms. The van der Waals surface area contributed by atoms with Crippen LogP contribution in [-0.2, 0) is 4.79 Å². The van der Waals surface area contributed by atoms with Crippen molar-refractivity contribution in [2.45, 2.75) is 135 Å². The summed E-state index contributed by atoms with van der Waals surface area (Å²) in [7, 11) is 0. The van der Waals surface area contributed by atoms with Crippen molar-refractivity contribution in [1.82, 2.24) is 5.32 Å². The number of hydrogen-bond donors (Lipinski definition) is 3. The number of aliphatic hydroxyl groups excluding tert-OH is 2. The molecule has 0 aliphatic carbocycles. The molecule has 0 spiro atoms. The standard InChI is InChI=1S/C41H65NO3/c1-3-5-7-9-11-13-14-15-16-17-18-19-20-21-22-23-24-25-26-27-28-29-31-33-35-37-41(45)42-39(38-43)40(44)36-34-32-30-12-10-8-6-4-2/h5,7,10-13,15-16,18-19,21-22,24-25,27-28,34,36,39-40,43-44H,3-4,6,8-9,14,17,20,23,26,29-33,35,37-38H2,1-2H3,(H,42,45)/b7-5-,12-10+,13-11-,16-15-,19-18-,22-21-,25-24-,28-27-,36-34+. The molecule has 2 unspecified atom stereocenters. The molecule has 0 aliphatic heterocycles. The van der Waals surface area contributed by atoms with Gasteiger partial charge in [-0.2, -0.15) is 0 Å². The fourth-order valence-electron chi connectivity index (χ4n) is 4.27. The van der Waals surface area contributed by atoms with E-state index in [4.69, 9.17) is 0 Å². The first-order valence-electron chi connectivity index (χ1n) is 17.6. The average molecular weight is 620 g/mol. The number of aliphatic hydroxyl groups is 2. The van der Waals surface area contributed by atoms with Crippen LogP contribution in [0.4, 0.5) is 0 Å². The molecule has 4 nitrogen and oxygen atoms in total. The number of carbonyl (C=O) groups excluding carboxylic acids is 1. The maximum atomic E-state index is 12.2. The molecule has 3 N–H and O–H groups in total. The molecule has 0 saturated heterocycles. The van der Waals surface area contributed by atoms with Gasteiger partial charge < -0.3 is 15.5 Å². The second-order valence-corrected chi connectivity index (χ2v) is 11.2. The maximum Gasteiger partial charge on any atom is 0.220 e. The van der Waals surface area contributed by atoms with Gasteiger partial charge in [-0.3, -0.25) is 4.79 Å². The summed E-state index contributed by atoms with van der Waals surface area (Å²) in [6, 6.07) is -0.661. The lowest BCUT2D eigenvalue weighted by Crippen LogP contribution is -2.45. The molecule has 0 aliphatic rings. The van der Waals surface area contributed by atoms with E-state index in [1.165, 1.54) is 12.8 Å². The summed E-state index contributed by atoms with van der Waals surface area (Å²) >= 11 is 0. The van der Waals surface area contributed by atoms with Crippen molar-refractivity contribution in [3.05, 3.63) is 109 Å². The number of carbonyl (C=O) groups is 1. The predicted octanol–water partition coefficient (Wildman–Crippen LogP) is 10.5. The zero-order valence-corrected chi connectivity index (χ0v) is 28.6. The van der Waals surface area contributed by atoms with E-state index in [0.717, 1.165) is 89.9 Å². The first kappa shape index (κ1) is 42.0. The summed E-state index contributed by atoms with van der Waals surface area (Å²) < 4.78 is 0. The van der Waals surface area contributed by atoms with Crippen LogP contribution in [-0.4, -0.2) is 34.9 Å². The van der Waals surface area contributed by atoms with Crippen molar-refractivity contribution in [2.24, 2.45) is 0 Å². The second kappa shape index (κ2) is 35.5. The van der Waals surface area contributed by atoms with Crippen molar-refractivity contribution in [3.8, 4) is 0 Å². The lowest BCUT2D eigenvalue weighted by Gasteiger charge is -2.19. The number of rotatable bonds is 29. The van der Waals surface area contributed by atoms with E-state index in [-0.39, 0.29) is 12.5 Å². The lowest BCUT2D eigenvalue weighted by atomic mass is 10.1. The summed E-state index contributed by atoms with van der Waals surface area (Å²) in [5, 5.41) is 22.7. The summed E-state index contributed by atoms with van der Waals surface area (Å²) in [5.74, 6) is -0.117. The van der Waals surface area contributed by atoms with Gasteiger partial charge >= 0.3 is 0 Å². The van der Waals surface area contributed by atoms with Crippen molar-refractivity contribution in [2.75, 3.05) is 6.61 Å². The summed E-state index contributed by atoms with van der Waals surface area (Å²) in [6.45, 7) is 4.06. The molecule has 0 aromatic carbocycles. The van der Waals surface area contributed by atoms with Crippen molar-refractivity contribution < 1.29 is 15.0 Å². The molecule has 0 bridgehead atoms. The highest BCUT2D eigenvalue weighted by Gasteiger charge is 2.17. The Morgan fingerprint density at radius 2 is 1.00 bits per heavy atom. The van der Waals surface area contributed by atoms with Gasteiger partial charge in [0.25, 0.3) is 0 Å². The third-order valence-corrected chi connectivity index (χ3v) is 6.99. The molecule has 4 heteroatoms. The molecule has 0 fully saturated rings. The van der Waals surface area contributed by atoms with Gasteiger partial charge in [0.1, 0.15) is 0 Å². The van der Waals surface area contributed by atoms with Crippen LogP contribution >= 0.6 is 0 Å². The fourth-order valence-corrected chi connectivity index (χ4v) is 4.27. The topological polar surface area (TPSA) is 69.6 Å². The summed E-state index contributed by atoms with van der Waals surface area (Å²) in [5.41, 5.74) is 0. The molecule has 0 saturated carbocycles. The second-order valence-electron chi connectivity index (χ2n) is 11.2. The van der Waals surface area contributed by atoms with E-state index in [1.807, 2.05) is 6.08 Å². The number of hydrogen-bond acceptors (Lipinski definition) is 3. The molecule has 0 radical (unpaired) electrons. The average Bonchev–Trinajstić information content (AvgIpc) is 3.04. The van der Waals surface area contributed by atoms with Crippen LogP contribution in [0, 0.1) is 0 Å². The molecular formula is C41H65NO3. The van der Waals surface area contributed by atoms with Crippen LogP contribution in [0.1, 0.15) is 123 Å².